The van der Waals surface area contributed by atoms with Gasteiger partial charge in [-0.15, -0.1) is 5.10 Å². The molecule has 0 spiro atoms. The van der Waals surface area contributed by atoms with Crippen molar-refractivity contribution in [1.29, 1.82) is 0 Å². The van der Waals surface area contributed by atoms with Crippen LogP contribution >= 0.6 is 0 Å². The van der Waals surface area contributed by atoms with E-state index in [1.54, 1.807) is 9.36 Å². The molecule has 0 bridgehead atoms. The zero-order valence-corrected chi connectivity index (χ0v) is 22.5. The number of rotatable bonds is 9. The highest BCUT2D eigenvalue weighted by Crippen LogP contribution is 2.55. The van der Waals surface area contributed by atoms with E-state index in [1.165, 1.54) is 43.9 Å². The molecule has 8 nitrogen and oxygen atoms in total. The molecule has 2 fully saturated rings. The summed E-state index contributed by atoms with van der Waals surface area (Å²) >= 11 is 0. The number of aromatic nitrogens is 5. The molecule has 4 aromatic rings. The van der Waals surface area contributed by atoms with Crippen molar-refractivity contribution < 1.29 is 14.6 Å². The lowest BCUT2D eigenvalue weighted by Gasteiger charge is -2.26. The molecule has 0 saturated heterocycles. The van der Waals surface area contributed by atoms with Crippen LogP contribution in [-0.4, -0.2) is 43.0 Å². The quantitative estimate of drug-likeness (QED) is 0.276. The molecule has 0 radical (unpaired) electrons. The molecule has 3 unspecified atom stereocenters. The van der Waals surface area contributed by atoms with Crippen LogP contribution in [0.3, 0.4) is 0 Å². The number of carboxylic acid groups (broad SMARTS) is 1. The van der Waals surface area contributed by atoms with E-state index in [4.69, 9.17) is 4.74 Å². The second-order valence-corrected chi connectivity index (χ2v) is 11.1. The molecule has 2 aliphatic carbocycles. The first-order valence-corrected chi connectivity index (χ1v) is 13.9. The van der Waals surface area contributed by atoms with Crippen LogP contribution in [0.4, 0.5) is 0 Å². The van der Waals surface area contributed by atoms with Gasteiger partial charge in [-0.3, -0.25) is 4.68 Å². The lowest BCUT2D eigenvalue weighted by molar-refractivity contribution is 0.0695. The minimum Gasteiger partial charge on any atom is -0.478 e. The van der Waals surface area contributed by atoms with Crippen LogP contribution in [0, 0.1) is 5.92 Å². The van der Waals surface area contributed by atoms with E-state index in [0.717, 1.165) is 47.0 Å². The van der Waals surface area contributed by atoms with Crippen molar-refractivity contribution in [3.63, 3.8) is 0 Å². The van der Waals surface area contributed by atoms with Crippen LogP contribution in [0.2, 0.25) is 0 Å². The Kier molecular flexibility index (Phi) is 7.04. The zero-order valence-electron chi connectivity index (χ0n) is 22.5. The Bertz CT molecular complexity index is 1470. The van der Waals surface area contributed by atoms with Crippen LogP contribution in [0.25, 0.3) is 16.8 Å². The van der Waals surface area contributed by atoms with E-state index >= 15 is 0 Å². The monoisotopic (exact) mass is 525 g/mol. The van der Waals surface area contributed by atoms with E-state index in [0.29, 0.717) is 0 Å². The van der Waals surface area contributed by atoms with Crippen molar-refractivity contribution in [2.75, 3.05) is 7.11 Å². The number of aryl methyl sites for hydroxylation is 1. The van der Waals surface area contributed by atoms with Crippen molar-refractivity contribution in [2.24, 2.45) is 13.0 Å². The van der Waals surface area contributed by atoms with Gasteiger partial charge in [-0.05, 0) is 53.6 Å². The molecule has 39 heavy (non-hydrogen) atoms. The van der Waals surface area contributed by atoms with Crippen molar-refractivity contribution in [3.8, 4) is 16.8 Å². The molecule has 3 atom stereocenters. The fourth-order valence-electron chi connectivity index (χ4n) is 6.27. The van der Waals surface area contributed by atoms with Gasteiger partial charge in [0.25, 0.3) is 0 Å². The third-order valence-electron chi connectivity index (χ3n) is 8.42. The molecular weight excluding hydrogens is 490 g/mol. The molecule has 6 rings (SSSR count). The van der Waals surface area contributed by atoms with Crippen molar-refractivity contribution in [2.45, 2.75) is 62.9 Å². The number of hydrogen-bond donors (Lipinski definition) is 1. The van der Waals surface area contributed by atoms with Crippen LogP contribution in [-0.2, 0) is 11.8 Å². The molecule has 1 N–H and O–H groups in total. The maximum absolute atomic E-state index is 12.1. The Morgan fingerprint density at radius 2 is 1.85 bits per heavy atom. The summed E-state index contributed by atoms with van der Waals surface area (Å²) in [4.78, 5) is 12.1. The fraction of sp³-hybridized carbons (Fsp3) is 0.419. The second kappa shape index (κ2) is 10.8. The maximum Gasteiger partial charge on any atom is 0.339 e. The molecule has 202 valence electrons. The normalized spacial score (nSPS) is 20.2. The number of carboxylic acids is 1. The first kappa shape index (κ1) is 25.5. The molecule has 8 heteroatoms. The molecule has 2 aromatic heterocycles. The largest absolute Gasteiger partial charge is 0.478 e. The summed E-state index contributed by atoms with van der Waals surface area (Å²) < 4.78 is 9.44. The number of nitrogens with zero attached hydrogens (tertiary/aromatic N) is 5. The predicted octanol–water partition coefficient (Wildman–Crippen LogP) is 6.30. The minimum absolute atomic E-state index is 0.0320. The Morgan fingerprint density at radius 3 is 2.56 bits per heavy atom. The van der Waals surface area contributed by atoms with Gasteiger partial charge in [0, 0.05) is 32.2 Å². The van der Waals surface area contributed by atoms with Gasteiger partial charge < -0.3 is 9.84 Å². The Hall–Kier alpha value is -3.78. The van der Waals surface area contributed by atoms with E-state index in [-0.39, 0.29) is 23.5 Å². The van der Waals surface area contributed by atoms with Gasteiger partial charge in [0.1, 0.15) is 5.56 Å². The smallest absolute Gasteiger partial charge is 0.339 e. The molecule has 0 amide bonds. The van der Waals surface area contributed by atoms with Gasteiger partial charge in [0.05, 0.1) is 29.4 Å². The van der Waals surface area contributed by atoms with Crippen LogP contribution < -0.4 is 0 Å². The van der Waals surface area contributed by atoms with Crippen LogP contribution in [0.1, 0.15) is 90.2 Å². The van der Waals surface area contributed by atoms with E-state index < -0.39 is 5.97 Å². The topological polar surface area (TPSA) is 95.1 Å². The number of methoxy groups -OCH3 is 1. The summed E-state index contributed by atoms with van der Waals surface area (Å²) in [6, 6.07) is 16.8. The third-order valence-corrected chi connectivity index (χ3v) is 8.42. The van der Waals surface area contributed by atoms with Gasteiger partial charge in [0.15, 0.2) is 0 Å². The predicted molar refractivity (Wildman–Crippen MR) is 148 cm³/mol. The molecule has 0 aliphatic heterocycles. The Morgan fingerprint density at radius 1 is 1.08 bits per heavy atom. The van der Waals surface area contributed by atoms with Crippen molar-refractivity contribution >= 4 is 5.97 Å². The van der Waals surface area contributed by atoms with Gasteiger partial charge in [0.2, 0.25) is 0 Å². The summed E-state index contributed by atoms with van der Waals surface area (Å²) in [7, 11) is 3.65. The average Bonchev–Trinajstić information content (AvgIpc) is 3.41. The molecule has 2 saturated carbocycles. The fourth-order valence-corrected chi connectivity index (χ4v) is 6.27. The summed E-state index contributed by atoms with van der Waals surface area (Å²) in [6.45, 7) is 0. The number of ether oxygens (including phenoxy) is 1. The highest BCUT2D eigenvalue weighted by molar-refractivity contribution is 5.89. The van der Waals surface area contributed by atoms with Gasteiger partial charge in [-0.2, -0.15) is 5.10 Å². The first-order chi connectivity index (χ1) is 19.0. The van der Waals surface area contributed by atoms with Crippen LogP contribution in [0.15, 0.2) is 60.9 Å². The van der Waals surface area contributed by atoms with Crippen molar-refractivity contribution in [1.82, 2.24) is 24.8 Å². The van der Waals surface area contributed by atoms with E-state index in [9.17, 15) is 9.90 Å². The number of carbonyl (C=O) groups is 1. The lowest BCUT2D eigenvalue weighted by atomic mass is 9.84. The van der Waals surface area contributed by atoms with E-state index in [1.807, 2.05) is 32.5 Å². The van der Waals surface area contributed by atoms with Crippen LogP contribution in [0.5, 0.6) is 0 Å². The molecule has 2 aliphatic rings. The number of benzene rings is 2. The van der Waals surface area contributed by atoms with Crippen molar-refractivity contribution in [3.05, 3.63) is 83.4 Å². The van der Waals surface area contributed by atoms with E-state index in [2.05, 4.69) is 51.8 Å². The Labute approximate surface area is 228 Å². The third kappa shape index (κ3) is 5.26. The summed E-state index contributed by atoms with van der Waals surface area (Å²) in [5.74, 6) is -0.0641. The summed E-state index contributed by atoms with van der Waals surface area (Å²) in [5, 5.41) is 22.8. The second-order valence-electron chi connectivity index (χ2n) is 11.1. The maximum atomic E-state index is 12.1. The first-order valence-electron chi connectivity index (χ1n) is 13.9. The highest BCUT2D eigenvalue weighted by Gasteiger charge is 2.46. The highest BCUT2D eigenvalue weighted by atomic mass is 16.5. The molecule has 2 aromatic carbocycles. The number of aromatic carboxylic acids is 1. The molecular formula is C31H35N5O3. The van der Waals surface area contributed by atoms with Gasteiger partial charge >= 0.3 is 5.97 Å². The average molecular weight is 526 g/mol. The summed E-state index contributed by atoms with van der Waals surface area (Å²) in [5.41, 5.74) is 6.05. The zero-order chi connectivity index (χ0) is 26.9. The summed E-state index contributed by atoms with van der Waals surface area (Å²) in [6.07, 6.45) is 11.9. The SMILES string of the molecule is COC(CC1CCCCC1)c1cccc(-c2cccc(-n3ncc(C(=O)O)c3C3CC3c3cn(C)nn3)c2)c1. The molecule has 2 heterocycles. The Balaban J connectivity index is 1.29. The standard InChI is InChI=1S/C31H35N5O3/c1-35-19-28(33-34-35)25-17-26(25)30-27(31(37)38)18-32-36(30)24-13-7-11-22(16-24)21-10-6-12-23(15-21)29(39-2)14-20-8-4-3-5-9-20/h6-7,10-13,15-16,18-20,25-26,29H,3-5,8-9,14,17H2,1-2H3,(H,37,38). The van der Waals surface area contributed by atoms with Gasteiger partial charge in [-0.25, -0.2) is 9.48 Å². The lowest BCUT2D eigenvalue weighted by Crippen LogP contribution is -2.12. The number of hydrogen-bond acceptors (Lipinski definition) is 5. The van der Waals surface area contributed by atoms with Gasteiger partial charge in [-0.1, -0.05) is 67.6 Å². The minimum atomic E-state index is -0.964.